The van der Waals surface area contributed by atoms with E-state index in [2.05, 4.69) is 20.7 Å². The lowest BCUT2D eigenvalue weighted by atomic mass is 10.1. The molecule has 0 bridgehead atoms. The number of aromatic amines is 1. The number of nitrogens with zero attached hydrogens (tertiary/aromatic N) is 2. The van der Waals surface area contributed by atoms with Gasteiger partial charge in [-0.3, -0.25) is 4.79 Å². The first-order valence-electron chi connectivity index (χ1n) is 5.91. The molecule has 0 saturated carbocycles. The SMILES string of the molecule is NS(=O)(=O)c1ccc2c(c1)C(NC(=O)c1cn[nH]n1)CO2. The zero-order valence-corrected chi connectivity index (χ0v) is 11.4. The van der Waals surface area contributed by atoms with Crippen LogP contribution in [0.5, 0.6) is 5.75 Å². The summed E-state index contributed by atoms with van der Waals surface area (Å²) < 4.78 is 28.2. The van der Waals surface area contributed by atoms with Gasteiger partial charge in [-0.05, 0) is 18.2 Å². The second kappa shape index (κ2) is 4.82. The lowest BCUT2D eigenvalue weighted by Crippen LogP contribution is -2.29. The molecule has 1 amide bonds. The number of aromatic nitrogens is 3. The molecule has 10 heteroatoms. The molecule has 21 heavy (non-hydrogen) atoms. The zero-order valence-electron chi connectivity index (χ0n) is 10.6. The van der Waals surface area contributed by atoms with Crippen LogP contribution in [0.3, 0.4) is 0 Å². The first-order chi connectivity index (χ1) is 9.95. The lowest BCUT2D eigenvalue weighted by molar-refractivity contribution is 0.0925. The number of sulfonamides is 1. The van der Waals surface area contributed by atoms with Crippen LogP contribution in [-0.4, -0.2) is 36.3 Å². The summed E-state index contributed by atoms with van der Waals surface area (Å²) in [5, 5.41) is 17.3. The van der Waals surface area contributed by atoms with Gasteiger partial charge in [0.05, 0.1) is 17.1 Å². The molecule has 2 heterocycles. The van der Waals surface area contributed by atoms with E-state index in [9.17, 15) is 13.2 Å². The predicted octanol–water partition coefficient (Wildman–Crippen LogP) is -0.684. The number of rotatable bonds is 3. The maximum Gasteiger partial charge on any atom is 0.274 e. The fourth-order valence-corrected chi connectivity index (χ4v) is 2.58. The minimum absolute atomic E-state index is 0.0348. The number of carbonyl (C=O) groups excluding carboxylic acids is 1. The minimum atomic E-state index is -3.82. The molecule has 1 aliphatic rings. The average molecular weight is 309 g/mol. The van der Waals surface area contributed by atoms with Gasteiger partial charge in [-0.1, -0.05) is 0 Å². The van der Waals surface area contributed by atoms with Gasteiger partial charge >= 0.3 is 0 Å². The molecule has 9 nitrogen and oxygen atoms in total. The number of fused-ring (bicyclic) bond motifs is 1. The Morgan fingerprint density at radius 2 is 2.29 bits per heavy atom. The van der Waals surface area contributed by atoms with Crippen molar-refractivity contribution in [1.29, 1.82) is 0 Å². The minimum Gasteiger partial charge on any atom is -0.491 e. The predicted molar refractivity (Wildman–Crippen MR) is 69.9 cm³/mol. The summed E-state index contributed by atoms with van der Waals surface area (Å²) in [6, 6.07) is 3.78. The van der Waals surface area contributed by atoms with Gasteiger partial charge in [0.15, 0.2) is 5.69 Å². The van der Waals surface area contributed by atoms with Crippen LogP contribution in [0.25, 0.3) is 0 Å². The summed E-state index contributed by atoms with van der Waals surface area (Å²) in [5.74, 6) is 0.0686. The lowest BCUT2D eigenvalue weighted by Gasteiger charge is -2.10. The molecule has 0 radical (unpaired) electrons. The highest BCUT2D eigenvalue weighted by Gasteiger charge is 2.28. The molecule has 0 fully saturated rings. The van der Waals surface area contributed by atoms with Crippen molar-refractivity contribution in [2.24, 2.45) is 5.14 Å². The summed E-state index contributed by atoms with van der Waals surface area (Å²) in [5.41, 5.74) is 0.685. The number of primary sulfonamides is 1. The van der Waals surface area contributed by atoms with Crippen molar-refractivity contribution < 1.29 is 17.9 Å². The molecule has 4 N–H and O–H groups in total. The zero-order chi connectivity index (χ0) is 15.0. The van der Waals surface area contributed by atoms with Crippen molar-refractivity contribution in [2.45, 2.75) is 10.9 Å². The largest absolute Gasteiger partial charge is 0.491 e. The summed E-state index contributed by atoms with van der Waals surface area (Å²) >= 11 is 0. The molecule has 1 unspecified atom stereocenters. The molecule has 0 spiro atoms. The number of hydrogen-bond acceptors (Lipinski definition) is 6. The van der Waals surface area contributed by atoms with E-state index >= 15 is 0 Å². The topological polar surface area (TPSA) is 140 Å². The van der Waals surface area contributed by atoms with E-state index in [1.807, 2.05) is 0 Å². The monoisotopic (exact) mass is 309 g/mol. The van der Waals surface area contributed by atoms with Crippen LogP contribution in [0.4, 0.5) is 0 Å². The Balaban J connectivity index is 1.87. The smallest absolute Gasteiger partial charge is 0.274 e. The van der Waals surface area contributed by atoms with Gasteiger partial charge in [-0.25, -0.2) is 13.6 Å². The fraction of sp³-hybridized carbons (Fsp3) is 0.182. The normalized spacial score (nSPS) is 17.1. The van der Waals surface area contributed by atoms with Crippen molar-refractivity contribution in [1.82, 2.24) is 20.7 Å². The quantitative estimate of drug-likeness (QED) is 0.686. The van der Waals surface area contributed by atoms with Gasteiger partial charge in [0, 0.05) is 5.56 Å². The van der Waals surface area contributed by atoms with E-state index in [0.717, 1.165) is 0 Å². The van der Waals surface area contributed by atoms with E-state index in [1.54, 1.807) is 0 Å². The number of hydrogen-bond donors (Lipinski definition) is 3. The molecule has 3 rings (SSSR count). The average Bonchev–Trinajstić information content (AvgIpc) is 3.07. The molecular weight excluding hydrogens is 298 g/mol. The first-order valence-corrected chi connectivity index (χ1v) is 7.46. The number of H-pyrrole nitrogens is 1. The van der Waals surface area contributed by atoms with E-state index in [0.29, 0.717) is 11.3 Å². The number of ether oxygens (including phenoxy) is 1. The fourth-order valence-electron chi connectivity index (χ4n) is 2.03. The number of amides is 1. The Labute approximate surface area is 119 Å². The summed E-state index contributed by atoms with van der Waals surface area (Å²) in [6.07, 6.45) is 1.28. The second-order valence-corrected chi connectivity index (χ2v) is 6.00. The van der Waals surface area contributed by atoms with Gasteiger partial charge in [0.25, 0.3) is 5.91 Å². The number of benzene rings is 1. The highest BCUT2D eigenvalue weighted by Crippen LogP contribution is 2.33. The van der Waals surface area contributed by atoms with Crippen molar-refractivity contribution in [2.75, 3.05) is 6.61 Å². The van der Waals surface area contributed by atoms with Crippen LogP contribution in [-0.2, 0) is 10.0 Å². The Hall–Kier alpha value is -2.46. The van der Waals surface area contributed by atoms with E-state index < -0.39 is 22.0 Å². The molecule has 0 aliphatic carbocycles. The Morgan fingerprint density at radius 3 is 2.95 bits per heavy atom. The number of nitrogens with two attached hydrogens (primary N) is 1. The van der Waals surface area contributed by atoms with Gasteiger partial charge in [0.2, 0.25) is 10.0 Å². The van der Waals surface area contributed by atoms with Crippen LogP contribution in [0, 0.1) is 0 Å². The van der Waals surface area contributed by atoms with Crippen molar-refractivity contribution in [3.8, 4) is 5.75 Å². The van der Waals surface area contributed by atoms with Crippen LogP contribution in [0.1, 0.15) is 22.1 Å². The van der Waals surface area contributed by atoms with Crippen LogP contribution >= 0.6 is 0 Å². The first kappa shape index (κ1) is 13.5. The summed E-state index contributed by atoms with van der Waals surface area (Å²) in [7, 11) is -3.82. The molecular formula is C11H11N5O4S. The molecule has 1 aliphatic heterocycles. The van der Waals surface area contributed by atoms with Crippen molar-refractivity contribution in [3.63, 3.8) is 0 Å². The van der Waals surface area contributed by atoms with Crippen molar-refractivity contribution >= 4 is 15.9 Å². The highest BCUT2D eigenvalue weighted by molar-refractivity contribution is 7.89. The van der Waals surface area contributed by atoms with E-state index in [-0.39, 0.29) is 17.2 Å². The van der Waals surface area contributed by atoms with Gasteiger partial charge < -0.3 is 10.1 Å². The van der Waals surface area contributed by atoms with Crippen LogP contribution < -0.4 is 15.2 Å². The van der Waals surface area contributed by atoms with E-state index in [4.69, 9.17) is 9.88 Å². The van der Waals surface area contributed by atoms with Gasteiger partial charge in [0.1, 0.15) is 12.4 Å². The van der Waals surface area contributed by atoms with Crippen LogP contribution in [0.2, 0.25) is 0 Å². The van der Waals surface area contributed by atoms with Crippen LogP contribution in [0.15, 0.2) is 29.3 Å². The molecule has 2 aromatic rings. The number of nitrogens with one attached hydrogen (secondary N) is 2. The third-order valence-corrected chi connectivity index (χ3v) is 3.95. The maximum absolute atomic E-state index is 11.9. The third kappa shape index (κ3) is 2.58. The molecule has 0 saturated heterocycles. The maximum atomic E-state index is 11.9. The van der Waals surface area contributed by atoms with E-state index in [1.165, 1.54) is 24.4 Å². The Bertz CT molecular complexity index is 787. The Morgan fingerprint density at radius 1 is 1.48 bits per heavy atom. The van der Waals surface area contributed by atoms with Crippen molar-refractivity contribution in [3.05, 3.63) is 35.7 Å². The molecule has 110 valence electrons. The Kier molecular flexibility index (Phi) is 3.11. The molecule has 1 aromatic heterocycles. The number of carbonyl (C=O) groups is 1. The van der Waals surface area contributed by atoms with Gasteiger partial charge in [-0.2, -0.15) is 15.4 Å². The highest BCUT2D eigenvalue weighted by atomic mass is 32.2. The summed E-state index contributed by atoms with van der Waals surface area (Å²) in [6.45, 7) is 0.201. The third-order valence-electron chi connectivity index (χ3n) is 3.04. The summed E-state index contributed by atoms with van der Waals surface area (Å²) in [4.78, 5) is 11.9. The molecule has 1 atom stereocenters. The van der Waals surface area contributed by atoms with Gasteiger partial charge in [-0.15, -0.1) is 0 Å². The standard InChI is InChI=1S/C11H11N5O4S/c12-21(18,19)6-1-2-10-7(3-6)9(5-20-10)14-11(17)8-4-13-16-15-8/h1-4,9H,5H2,(H,14,17)(H2,12,18,19)(H,13,15,16). The second-order valence-electron chi connectivity index (χ2n) is 4.44. The molecule has 1 aromatic carbocycles.